The van der Waals surface area contributed by atoms with Crippen molar-refractivity contribution in [2.24, 2.45) is 5.41 Å². The van der Waals surface area contributed by atoms with E-state index in [9.17, 15) is 22.8 Å². The van der Waals surface area contributed by atoms with Gasteiger partial charge in [-0.05, 0) is 30.3 Å². The van der Waals surface area contributed by atoms with Gasteiger partial charge >= 0.3 is 6.18 Å². The van der Waals surface area contributed by atoms with Crippen LogP contribution in [0.25, 0.3) is 6.08 Å². The van der Waals surface area contributed by atoms with Gasteiger partial charge in [-0.2, -0.15) is 13.2 Å². The van der Waals surface area contributed by atoms with Crippen LogP contribution in [0.1, 0.15) is 31.9 Å². The number of ether oxygens (including phenoxy) is 1. The number of amides is 2. The SMILES string of the molecule is COc1ccccc1/C=C(/NC(=O)C(C)(C)C)C(=O)Nc1cccc(C(F)(F)F)c1. The van der Waals surface area contributed by atoms with E-state index in [0.29, 0.717) is 11.3 Å². The lowest BCUT2D eigenvalue weighted by Gasteiger charge is -2.19. The summed E-state index contributed by atoms with van der Waals surface area (Å²) in [4.78, 5) is 25.3. The Bertz CT molecular complexity index is 961. The average Bonchev–Trinajstić information content (AvgIpc) is 2.66. The van der Waals surface area contributed by atoms with Crippen LogP contribution in [0, 0.1) is 5.41 Å². The van der Waals surface area contributed by atoms with Crippen LogP contribution in [-0.2, 0) is 15.8 Å². The molecule has 0 fully saturated rings. The number of methoxy groups -OCH3 is 1. The highest BCUT2D eigenvalue weighted by molar-refractivity contribution is 6.09. The molecule has 0 saturated heterocycles. The topological polar surface area (TPSA) is 67.4 Å². The van der Waals surface area contributed by atoms with Crippen molar-refractivity contribution in [1.82, 2.24) is 5.32 Å². The van der Waals surface area contributed by atoms with Gasteiger partial charge in [-0.25, -0.2) is 0 Å². The van der Waals surface area contributed by atoms with Crippen LogP contribution in [0.2, 0.25) is 0 Å². The van der Waals surface area contributed by atoms with Crippen LogP contribution in [0.5, 0.6) is 5.75 Å². The number of anilines is 1. The molecule has 0 spiro atoms. The van der Waals surface area contributed by atoms with Crippen LogP contribution < -0.4 is 15.4 Å². The molecule has 0 aromatic heterocycles. The van der Waals surface area contributed by atoms with E-state index in [2.05, 4.69) is 10.6 Å². The normalized spacial score (nSPS) is 12.3. The molecule has 2 amide bonds. The van der Waals surface area contributed by atoms with Gasteiger partial charge in [-0.3, -0.25) is 9.59 Å². The van der Waals surface area contributed by atoms with E-state index in [1.54, 1.807) is 45.0 Å². The van der Waals surface area contributed by atoms with Gasteiger partial charge in [0.25, 0.3) is 5.91 Å². The second-order valence-corrected chi connectivity index (χ2v) is 7.54. The lowest BCUT2D eigenvalue weighted by molar-refractivity contribution is -0.137. The maximum absolute atomic E-state index is 12.9. The number of hydrogen-bond acceptors (Lipinski definition) is 3. The smallest absolute Gasteiger partial charge is 0.416 e. The molecule has 0 heterocycles. The third-order valence-electron chi connectivity index (χ3n) is 4.06. The molecule has 2 N–H and O–H groups in total. The first kappa shape index (κ1) is 23.0. The number of carbonyl (C=O) groups excluding carboxylic acids is 2. The third kappa shape index (κ3) is 6.10. The summed E-state index contributed by atoms with van der Waals surface area (Å²) in [5, 5.41) is 4.96. The van der Waals surface area contributed by atoms with Gasteiger partial charge in [0.2, 0.25) is 5.91 Å². The number of benzene rings is 2. The fourth-order valence-corrected chi connectivity index (χ4v) is 2.38. The van der Waals surface area contributed by atoms with E-state index in [4.69, 9.17) is 4.74 Å². The zero-order valence-corrected chi connectivity index (χ0v) is 17.1. The summed E-state index contributed by atoms with van der Waals surface area (Å²) in [6, 6.07) is 11.1. The van der Waals surface area contributed by atoms with Gasteiger partial charge in [0.15, 0.2) is 0 Å². The maximum Gasteiger partial charge on any atom is 0.416 e. The van der Waals surface area contributed by atoms with Gasteiger partial charge < -0.3 is 15.4 Å². The van der Waals surface area contributed by atoms with E-state index in [1.807, 2.05) is 0 Å². The highest BCUT2D eigenvalue weighted by atomic mass is 19.4. The molecule has 2 aromatic rings. The minimum atomic E-state index is -4.54. The number of rotatable bonds is 5. The van der Waals surface area contributed by atoms with E-state index in [1.165, 1.54) is 25.3 Å². The molecule has 0 atom stereocenters. The number of hydrogen-bond donors (Lipinski definition) is 2. The molecule has 8 heteroatoms. The Morgan fingerprint density at radius 3 is 2.27 bits per heavy atom. The quantitative estimate of drug-likeness (QED) is 0.679. The molecule has 0 radical (unpaired) electrons. The number of carbonyl (C=O) groups is 2. The van der Waals surface area contributed by atoms with E-state index in [0.717, 1.165) is 12.1 Å². The Kier molecular flexibility index (Phi) is 6.92. The van der Waals surface area contributed by atoms with Gasteiger partial charge in [0, 0.05) is 16.7 Å². The summed E-state index contributed by atoms with van der Waals surface area (Å²) >= 11 is 0. The largest absolute Gasteiger partial charge is 0.496 e. The zero-order valence-electron chi connectivity index (χ0n) is 17.1. The minimum Gasteiger partial charge on any atom is -0.496 e. The lowest BCUT2D eigenvalue weighted by atomic mass is 9.95. The molecule has 2 aromatic carbocycles. The first-order valence-corrected chi connectivity index (χ1v) is 9.06. The van der Waals surface area contributed by atoms with Crippen LogP contribution in [0.4, 0.5) is 18.9 Å². The number of nitrogens with one attached hydrogen (secondary N) is 2. The molecule has 0 bridgehead atoms. The summed E-state index contributed by atoms with van der Waals surface area (Å²) in [5.74, 6) is -0.729. The third-order valence-corrected chi connectivity index (χ3v) is 4.06. The maximum atomic E-state index is 12.9. The van der Waals surface area contributed by atoms with E-state index >= 15 is 0 Å². The Balaban J connectivity index is 2.40. The van der Waals surface area contributed by atoms with E-state index < -0.39 is 29.0 Å². The average molecular weight is 420 g/mol. The Morgan fingerprint density at radius 1 is 1.00 bits per heavy atom. The van der Waals surface area contributed by atoms with Crippen molar-refractivity contribution in [3.05, 3.63) is 65.4 Å². The van der Waals surface area contributed by atoms with E-state index in [-0.39, 0.29) is 11.4 Å². The van der Waals surface area contributed by atoms with Gasteiger partial charge in [0.1, 0.15) is 11.4 Å². The number of halogens is 3. The second kappa shape index (κ2) is 9.02. The molecular formula is C22H23F3N2O3. The highest BCUT2D eigenvalue weighted by Gasteiger charge is 2.30. The predicted octanol–water partition coefficient (Wildman–Crippen LogP) is 4.86. The number of alkyl halides is 3. The predicted molar refractivity (Wildman–Crippen MR) is 109 cm³/mol. The molecule has 0 aliphatic carbocycles. The molecule has 0 unspecified atom stereocenters. The first-order chi connectivity index (χ1) is 13.9. The van der Waals surface area contributed by atoms with Crippen LogP contribution in [0.15, 0.2) is 54.2 Å². The van der Waals surface area contributed by atoms with Crippen molar-refractivity contribution < 1.29 is 27.5 Å². The lowest BCUT2D eigenvalue weighted by Crippen LogP contribution is -2.38. The summed E-state index contributed by atoms with van der Waals surface area (Å²) < 4.78 is 44.1. The summed E-state index contributed by atoms with van der Waals surface area (Å²) in [6.07, 6.45) is -3.14. The van der Waals surface area contributed by atoms with Gasteiger partial charge in [0.05, 0.1) is 12.7 Å². The van der Waals surface area contributed by atoms with Gasteiger partial charge in [-0.1, -0.05) is 45.0 Å². The molecule has 160 valence electrons. The molecule has 30 heavy (non-hydrogen) atoms. The highest BCUT2D eigenvalue weighted by Crippen LogP contribution is 2.31. The van der Waals surface area contributed by atoms with Crippen molar-refractivity contribution in [2.45, 2.75) is 26.9 Å². The molecule has 0 aliphatic rings. The first-order valence-electron chi connectivity index (χ1n) is 9.06. The van der Waals surface area contributed by atoms with Crippen LogP contribution in [-0.4, -0.2) is 18.9 Å². The van der Waals surface area contributed by atoms with Crippen molar-refractivity contribution in [2.75, 3.05) is 12.4 Å². The summed E-state index contributed by atoms with van der Waals surface area (Å²) in [6.45, 7) is 5.02. The Hall–Kier alpha value is -3.29. The van der Waals surface area contributed by atoms with Crippen LogP contribution >= 0.6 is 0 Å². The Labute approximate surface area is 172 Å². The molecular weight excluding hydrogens is 397 g/mol. The minimum absolute atomic E-state index is 0.0502. The molecule has 5 nitrogen and oxygen atoms in total. The standard InChI is InChI=1S/C22H23F3N2O3/c1-21(2,3)20(29)27-17(12-14-8-5-6-11-18(14)30-4)19(28)26-16-10-7-9-15(13-16)22(23,24)25/h5-13H,1-4H3,(H,26,28)(H,27,29)/b17-12+. The molecule has 2 rings (SSSR count). The molecule has 0 aliphatic heterocycles. The Morgan fingerprint density at radius 2 is 1.67 bits per heavy atom. The molecule has 0 saturated carbocycles. The zero-order chi connectivity index (χ0) is 22.5. The second-order valence-electron chi connectivity index (χ2n) is 7.54. The van der Waals surface area contributed by atoms with Gasteiger partial charge in [-0.15, -0.1) is 0 Å². The van der Waals surface area contributed by atoms with Crippen molar-refractivity contribution >= 4 is 23.6 Å². The van der Waals surface area contributed by atoms with Crippen LogP contribution in [0.3, 0.4) is 0 Å². The number of para-hydroxylation sites is 1. The fraction of sp³-hybridized carbons (Fsp3) is 0.273. The van der Waals surface area contributed by atoms with Crippen molar-refractivity contribution in [3.8, 4) is 5.75 Å². The monoisotopic (exact) mass is 420 g/mol. The fourth-order valence-electron chi connectivity index (χ4n) is 2.38. The van der Waals surface area contributed by atoms with Crippen molar-refractivity contribution in [1.29, 1.82) is 0 Å². The summed E-state index contributed by atoms with van der Waals surface area (Å²) in [7, 11) is 1.46. The summed E-state index contributed by atoms with van der Waals surface area (Å²) in [5.41, 5.74) is -1.35. The van der Waals surface area contributed by atoms with Crippen molar-refractivity contribution in [3.63, 3.8) is 0 Å².